The molecule has 1 unspecified atom stereocenters. The summed E-state index contributed by atoms with van der Waals surface area (Å²) in [5.74, 6) is -0.0697. The minimum absolute atomic E-state index is 0.0697. The monoisotopic (exact) mass is 236 g/mol. The number of rotatable bonds is 6. The molecular formula is C9H17BrO2. The van der Waals surface area contributed by atoms with Crippen LogP contribution in [-0.2, 0) is 9.53 Å². The van der Waals surface area contributed by atoms with Gasteiger partial charge in [-0.1, -0.05) is 29.3 Å². The highest BCUT2D eigenvalue weighted by Crippen LogP contribution is 2.09. The van der Waals surface area contributed by atoms with E-state index in [1.807, 2.05) is 6.92 Å². The van der Waals surface area contributed by atoms with Gasteiger partial charge in [-0.3, -0.25) is 4.79 Å². The molecule has 0 heterocycles. The number of hydrogen-bond donors (Lipinski definition) is 0. The predicted octanol–water partition coefficient (Wildman–Crippen LogP) is 2.89. The zero-order valence-corrected chi connectivity index (χ0v) is 9.39. The van der Waals surface area contributed by atoms with Gasteiger partial charge in [-0.05, 0) is 19.8 Å². The van der Waals surface area contributed by atoms with Gasteiger partial charge in [0.15, 0.2) is 0 Å². The van der Waals surface area contributed by atoms with Gasteiger partial charge in [-0.15, -0.1) is 0 Å². The van der Waals surface area contributed by atoms with Crippen molar-refractivity contribution in [2.75, 3.05) is 6.61 Å². The van der Waals surface area contributed by atoms with Crippen LogP contribution in [0, 0.1) is 0 Å². The average molecular weight is 237 g/mol. The molecule has 0 aliphatic rings. The molecule has 0 saturated carbocycles. The Labute approximate surface area is 82.8 Å². The van der Waals surface area contributed by atoms with Crippen LogP contribution in [0.2, 0.25) is 0 Å². The van der Waals surface area contributed by atoms with Crippen LogP contribution in [0.3, 0.4) is 0 Å². The average Bonchev–Trinajstić information content (AvgIpc) is 1.98. The number of carbonyl (C=O) groups is 1. The molecule has 0 fully saturated rings. The lowest BCUT2D eigenvalue weighted by molar-refractivity contribution is -0.143. The molecular weight excluding hydrogens is 220 g/mol. The van der Waals surface area contributed by atoms with Crippen molar-refractivity contribution in [1.82, 2.24) is 0 Å². The minimum Gasteiger partial charge on any atom is -0.466 e. The lowest BCUT2D eigenvalue weighted by Gasteiger charge is -2.02. The Bertz CT molecular complexity index is 124. The normalized spacial score (nSPS) is 12.6. The fourth-order valence-corrected chi connectivity index (χ4v) is 1.25. The summed E-state index contributed by atoms with van der Waals surface area (Å²) in [4.78, 5) is 11.4. The zero-order chi connectivity index (χ0) is 9.40. The number of esters is 1. The largest absolute Gasteiger partial charge is 0.466 e. The van der Waals surface area contributed by atoms with E-state index in [1.54, 1.807) is 0 Å². The zero-order valence-electron chi connectivity index (χ0n) is 7.81. The molecule has 0 aromatic rings. The van der Waals surface area contributed by atoms with Crippen LogP contribution in [0.4, 0.5) is 0 Å². The molecule has 72 valence electrons. The highest BCUT2D eigenvalue weighted by Gasteiger charge is 2.01. The topological polar surface area (TPSA) is 26.3 Å². The van der Waals surface area contributed by atoms with Crippen molar-refractivity contribution >= 4 is 21.9 Å². The van der Waals surface area contributed by atoms with E-state index in [9.17, 15) is 4.79 Å². The molecule has 0 aliphatic carbocycles. The Balaban J connectivity index is 3.14. The maximum absolute atomic E-state index is 10.9. The summed E-state index contributed by atoms with van der Waals surface area (Å²) in [6, 6.07) is 0. The van der Waals surface area contributed by atoms with Crippen LogP contribution >= 0.6 is 15.9 Å². The third-order valence-electron chi connectivity index (χ3n) is 1.54. The molecule has 12 heavy (non-hydrogen) atoms. The third kappa shape index (κ3) is 8.05. The van der Waals surface area contributed by atoms with Gasteiger partial charge < -0.3 is 4.74 Å². The Hall–Kier alpha value is -0.0500. The molecule has 0 rings (SSSR count). The van der Waals surface area contributed by atoms with E-state index < -0.39 is 0 Å². The van der Waals surface area contributed by atoms with Gasteiger partial charge in [0.2, 0.25) is 0 Å². The van der Waals surface area contributed by atoms with Gasteiger partial charge in [0.05, 0.1) is 6.61 Å². The van der Waals surface area contributed by atoms with Crippen molar-refractivity contribution < 1.29 is 9.53 Å². The molecule has 2 nitrogen and oxygen atoms in total. The smallest absolute Gasteiger partial charge is 0.305 e. The van der Waals surface area contributed by atoms with Crippen LogP contribution in [0.25, 0.3) is 0 Å². The molecule has 0 N–H and O–H groups in total. The molecule has 0 aromatic carbocycles. The van der Waals surface area contributed by atoms with E-state index in [-0.39, 0.29) is 5.97 Å². The summed E-state index contributed by atoms with van der Waals surface area (Å²) in [5, 5.41) is 0. The van der Waals surface area contributed by atoms with Gasteiger partial charge in [0, 0.05) is 11.2 Å². The SMILES string of the molecule is CCOC(=O)CCCCC(C)Br. The summed E-state index contributed by atoms with van der Waals surface area (Å²) >= 11 is 3.46. The van der Waals surface area contributed by atoms with E-state index in [0.29, 0.717) is 17.9 Å². The van der Waals surface area contributed by atoms with Crippen molar-refractivity contribution in [3.05, 3.63) is 0 Å². The van der Waals surface area contributed by atoms with E-state index >= 15 is 0 Å². The van der Waals surface area contributed by atoms with Crippen molar-refractivity contribution in [3.63, 3.8) is 0 Å². The fraction of sp³-hybridized carbons (Fsp3) is 0.889. The predicted molar refractivity (Wildman–Crippen MR) is 53.5 cm³/mol. The van der Waals surface area contributed by atoms with Gasteiger partial charge in [-0.25, -0.2) is 0 Å². The lowest BCUT2D eigenvalue weighted by Crippen LogP contribution is -2.03. The number of ether oxygens (including phenoxy) is 1. The van der Waals surface area contributed by atoms with Crippen LogP contribution in [-0.4, -0.2) is 17.4 Å². The van der Waals surface area contributed by atoms with E-state index in [4.69, 9.17) is 4.74 Å². The molecule has 0 radical (unpaired) electrons. The van der Waals surface area contributed by atoms with Crippen LogP contribution in [0.5, 0.6) is 0 Å². The molecule has 0 bridgehead atoms. The first-order valence-corrected chi connectivity index (χ1v) is 5.38. The van der Waals surface area contributed by atoms with Crippen LogP contribution < -0.4 is 0 Å². The second kappa shape index (κ2) is 7.59. The molecule has 3 heteroatoms. The third-order valence-corrected chi connectivity index (χ3v) is 2.00. The van der Waals surface area contributed by atoms with Gasteiger partial charge in [-0.2, -0.15) is 0 Å². The fourth-order valence-electron chi connectivity index (χ4n) is 0.928. The maximum Gasteiger partial charge on any atom is 0.305 e. The Morgan fingerprint density at radius 3 is 2.67 bits per heavy atom. The summed E-state index contributed by atoms with van der Waals surface area (Å²) in [6.07, 6.45) is 3.72. The highest BCUT2D eigenvalue weighted by atomic mass is 79.9. The number of unbranched alkanes of at least 4 members (excludes halogenated alkanes) is 1. The number of alkyl halides is 1. The van der Waals surface area contributed by atoms with E-state index in [1.165, 1.54) is 0 Å². The summed E-state index contributed by atoms with van der Waals surface area (Å²) in [6.45, 7) is 4.44. The van der Waals surface area contributed by atoms with Crippen molar-refractivity contribution in [2.24, 2.45) is 0 Å². The van der Waals surface area contributed by atoms with Crippen molar-refractivity contribution in [1.29, 1.82) is 0 Å². The molecule has 0 spiro atoms. The first-order chi connectivity index (χ1) is 5.66. The molecule has 1 atom stereocenters. The Morgan fingerprint density at radius 2 is 2.17 bits per heavy atom. The van der Waals surface area contributed by atoms with E-state index in [0.717, 1.165) is 19.3 Å². The Morgan fingerprint density at radius 1 is 1.50 bits per heavy atom. The van der Waals surface area contributed by atoms with Crippen LogP contribution in [0.1, 0.15) is 39.5 Å². The summed E-state index contributed by atoms with van der Waals surface area (Å²) in [7, 11) is 0. The number of hydrogen-bond acceptors (Lipinski definition) is 2. The lowest BCUT2D eigenvalue weighted by atomic mass is 10.1. The number of carbonyl (C=O) groups excluding carboxylic acids is 1. The highest BCUT2D eigenvalue weighted by molar-refractivity contribution is 9.09. The standard InChI is InChI=1S/C9H17BrO2/c1-3-12-9(11)7-5-4-6-8(2)10/h8H,3-7H2,1-2H3. The number of halogens is 1. The van der Waals surface area contributed by atoms with Crippen molar-refractivity contribution in [2.45, 2.75) is 44.4 Å². The first kappa shape index (κ1) is 11.9. The molecule has 0 aromatic heterocycles. The van der Waals surface area contributed by atoms with Gasteiger partial charge in [0.25, 0.3) is 0 Å². The van der Waals surface area contributed by atoms with Crippen molar-refractivity contribution in [3.8, 4) is 0 Å². The molecule has 0 aliphatic heterocycles. The van der Waals surface area contributed by atoms with Gasteiger partial charge >= 0.3 is 5.97 Å². The summed E-state index contributed by atoms with van der Waals surface area (Å²) < 4.78 is 4.80. The van der Waals surface area contributed by atoms with E-state index in [2.05, 4.69) is 22.9 Å². The molecule has 0 amide bonds. The van der Waals surface area contributed by atoms with Crippen LogP contribution in [0.15, 0.2) is 0 Å². The maximum atomic E-state index is 10.9. The second-order valence-electron chi connectivity index (χ2n) is 2.83. The van der Waals surface area contributed by atoms with Gasteiger partial charge in [0.1, 0.15) is 0 Å². The summed E-state index contributed by atoms with van der Waals surface area (Å²) in [5.41, 5.74) is 0. The minimum atomic E-state index is -0.0697. The Kier molecular flexibility index (Phi) is 7.56. The second-order valence-corrected chi connectivity index (χ2v) is 4.39. The molecule has 0 saturated heterocycles. The quantitative estimate of drug-likeness (QED) is 0.403. The first-order valence-electron chi connectivity index (χ1n) is 4.46.